The smallest absolute Gasteiger partial charge is 0.393 e. The minimum absolute atomic E-state index is 0.0485. The van der Waals surface area contributed by atoms with Gasteiger partial charge in [0.15, 0.2) is 0 Å². The Bertz CT molecular complexity index is 391. The first kappa shape index (κ1) is 11.0. The van der Waals surface area contributed by atoms with Gasteiger partial charge in [0, 0.05) is 13.1 Å². The molecule has 0 radical (unpaired) electrons. The number of rotatable bonds is 3. The van der Waals surface area contributed by atoms with Gasteiger partial charge < -0.3 is 9.63 Å². The van der Waals surface area contributed by atoms with Gasteiger partial charge in [-0.1, -0.05) is 5.16 Å². The molecule has 1 aliphatic rings. The lowest BCUT2D eigenvalue weighted by Gasteiger charge is -2.27. The Balaban J connectivity index is 1.89. The number of piperidine rings is 1. The van der Waals surface area contributed by atoms with Crippen molar-refractivity contribution in [2.45, 2.75) is 31.7 Å². The lowest BCUT2D eigenvalue weighted by Crippen LogP contribution is -2.35. The topological polar surface area (TPSA) is 62.4 Å². The summed E-state index contributed by atoms with van der Waals surface area (Å²) in [6, 6.07) is 0. The molecule has 1 N–H and O–H groups in total. The van der Waals surface area contributed by atoms with Gasteiger partial charge in [-0.05, 0) is 12.8 Å². The van der Waals surface area contributed by atoms with Crippen LogP contribution in [0.15, 0.2) is 4.52 Å². The molecule has 1 aliphatic heterocycles. The summed E-state index contributed by atoms with van der Waals surface area (Å²) in [6.45, 7) is 1.45. The Kier molecular flexibility index (Phi) is 2.98. The third kappa shape index (κ3) is 3.16. The van der Waals surface area contributed by atoms with Crippen LogP contribution in [0.25, 0.3) is 0 Å². The SMILES string of the molecule is [2H]OC1CCN(Cc2nc(C(F)(F)F)no2)CC1. The Morgan fingerprint density at radius 1 is 1.47 bits per heavy atom. The summed E-state index contributed by atoms with van der Waals surface area (Å²) in [4.78, 5) is 5.19. The molecular formula is C9H12F3N3O2. The molecule has 2 rings (SSSR count). The highest BCUT2D eigenvalue weighted by molar-refractivity contribution is 4.91. The van der Waals surface area contributed by atoms with Crippen molar-refractivity contribution in [1.82, 2.24) is 15.0 Å². The van der Waals surface area contributed by atoms with E-state index in [1.807, 2.05) is 4.90 Å². The van der Waals surface area contributed by atoms with Crippen molar-refractivity contribution in [1.29, 1.82) is 1.43 Å². The minimum atomic E-state index is -4.58. The summed E-state index contributed by atoms with van der Waals surface area (Å²) in [6.07, 6.45) is -3.34. The average Bonchev–Trinajstić information content (AvgIpc) is 2.78. The summed E-state index contributed by atoms with van der Waals surface area (Å²) in [7, 11) is 0. The zero-order chi connectivity index (χ0) is 13.2. The molecule has 0 aromatic carbocycles. The summed E-state index contributed by atoms with van der Waals surface area (Å²) in [5.74, 6) is -1.30. The summed E-state index contributed by atoms with van der Waals surface area (Å²) in [5.41, 5.74) is 0. The number of aliphatic hydroxyl groups excluding tert-OH is 1. The molecule has 1 aromatic heterocycles. The minimum Gasteiger partial charge on any atom is -0.393 e. The molecule has 0 bridgehead atoms. The number of halogens is 3. The lowest BCUT2D eigenvalue weighted by atomic mass is 10.1. The molecule has 5 nitrogen and oxygen atoms in total. The second-order valence-corrected chi connectivity index (χ2v) is 3.98. The fourth-order valence-electron chi connectivity index (χ4n) is 1.69. The van der Waals surface area contributed by atoms with Crippen molar-refractivity contribution in [3.8, 4) is 0 Å². The number of aromatic nitrogens is 2. The Labute approximate surface area is 96.7 Å². The second kappa shape index (κ2) is 4.61. The van der Waals surface area contributed by atoms with Crippen molar-refractivity contribution >= 4 is 0 Å². The Hall–Kier alpha value is -1.15. The first-order valence-corrected chi connectivity index (χ1v) is 5.23. The van der Waals surface area contributed by atoms with Crippen LogP contribution in [0.2, 0.25) is 0 Å². The molecule has 17 heavy (non-hydrogen) atoms. The van der Waals surface area contributed by atoms with E-state index in [1.165, 1.54) is 0 Å². The largest absolute Gasteiger partial charge is 0.455 e. The van der Waals surface area contributed by atoms with Crippen LogP contribution in [0, 0.1) is 0 Å². The maximum absolute atomic E-state index is 12.2. The van der Waals surface area contributed by atoms with Crippen molar-refractivity contribution in [3.63, 3.8) is 0 Å². The lowest BCUT2D eigenvalue weighted by molar-refractivity contribution is -0.146. The zero-order valence-electron chi connectivity index (χ0n) is 9.90. The molecule has 1 saturated heterocycles. The fourth-order valence-corrected chi connectivity index (χ4v) is 1.69. The third-order valence-electron chi connectivity index (χ3n) is 2.62. The summed E-state index contributed by atoms with van der Waals surface area (Å²) < 4.78 is 48.1. The van der Waals surface area contributed by atoms with Crippen LogP contribution < -0.4 is 0 Å². The van der Waals surface area contributed by atoms with Crippen LogP contribution in [0.5, 0.6) is 0 Å². The van der Waals surface area contributed by atoms with Gasteiger partial charge in [-0.2, -0.15) is 18.2 Å². The van der Waals surface area contributed by atoms with Gasteiger partial charge in [-0.25, -0.2) is 0 Å². The molecule has 0 aliphatic carbocycles. The zero-order valence-corrected chi connectivity index (χ0v) is 8.90. The van der Waals surface area contributed by atoms with Crippen molar-refractivity contribution in [2.24, 2.45) is 0 Å². The predicted molar refractivity (Wildman–Crippen MR) is 49.8 cm³/mol. The second-order valence-electron chi connectivity index (χ2n) is 3.98. The number of hydrogen-bond acceptors (Lipinski definition) is 5. The van der Waals surface area contributed by atoms with Gasteiger partial charge in [0.25, 0.3) is 5.82 Å². The number of alkyl halides is 3. The average molecular weight is 252 g/mol. The van der Waals surface area contributed by atoms with Crippen LogP contribution in [-0.4, -0.2) is 40.8 Å². The van der Waals surface area contributed by atoms with E-state index in [0.29, 0.717) is 25.9 Å². The molecule has 0 saturated carbocycles. The van der Waals surface area contributed by atoms with E-state index < -0.39 is 12.0 Å². The fraction of sp³-hybridized carbons (Fsp3) is 0.778. The van der Waals surface area contributed by atoms with E-state index in [0.717, 1.165) is 0 Å². The van der Waals surface area contributed by atoms with Crippen LogP contribution in [-0.2, 0) is 12.7 Å². The van der Waals surface area contributed by atoms with Crippen LogP contribution >= 0.6 is 0 Å². The van der Waals surface area contributed by atoms with Gasteiger partial charge in [-0.15, -0.1) is 0 Å². The number of aliphatic hydroxyl groups is 1. The molecular weight excluding hydrogens is 239 g/mol. The summed E-state index contributed by atoms with van der Waals surface area (Å²) >= 11 is 0. The van der Waals surface area contributed by atoms with Gasteiger partial charge in [0.05, 0.1) is 12.6 Å². The molecule has 0 spiro atoms. The first-order valence-electron chi connectivity index (χ1n) is 5.64. The van der Waals surface area contributed by atoms with Gasteiger partial charge >= 0.3 is 6.18 Å². The Morgan fingerprint density at radius 3 is 2.71 bits per heavy atom. The first-order chi connectivity index (χ1) is 8.49. The maximum atomic E-state index is 12.2. The maximum Gasteiger partial charge on any atom is 0.455 e. The Morgan fingerprint density at radius 2 is 2.18 bits per heavy atom. The van der Waals surface area contributed by atoms with E-state index in [9.17, 15) is 13.2 Å². The summed E-state index contributed by atoms with van der Waals surface area (Å²) in [5, 5.41) is 7.35. The van der Waals surface area contributed by atoms with Gasteiger partial charge in [0.1, 0.15) is 0 Å². The van der Waals surface area contributed by atoms with E-state index in [-0.39, 0.29) is 18.5 Å². The van der Waals surface area contributed by atoms with Crippen LogP contribution in [0.4, 0.5) is 13.2 Å². The molecule has 96 valence electrons. The number of nitrogens with zero attached hydrogens (tertiary/aromatic N) is 3. The predicted octanol–water partition coefficient (Wildman–Crippen LogP) is 1.05. The van der Waals surface area contributed by atoms with Gasteiger partial charge in [0.2, 0.25) is 7.32 Å². The highest BCUT2D eigenvalue weighted by Crippen LogP contribution is 2.26. The molecule has 1 aromatic rings. The quantitative estimate of drug-likeness (QED) is 0.871. The number of hydrogen-bond donors (Lipinski definition) is 1. The highest BCUT2D eigenvalue weighted by atomic mass is 19.4. The van der Waals surface area contributed by atoms with E-state index in [2.05, 4.69) is 19.8 Å². The normalized spacial score (nSPS) is 20.5. The monoisotopic (exact) mass is 252 g/mol. The van der Waals surface area contributed by atoms with Crippen LogP contribution in [0.1, 0.15) is 24.6 Å². The molecule has 8 heteroatoms. The molecule has 0 atom stereocenters. The van der Waals surface area contributed by atoms with Crippen molar-refractivity contribution in [3.05, 3.63) is 11.7 Å². The van der Waals surface area contributed by atoms with Crippen LogP contribution in [0.3, 0.4) is 0 Å². The standard InChI is InChI=1S/C9H12F3N3O2/c10-9(11,12)8-13-7(17-14-8)5-15-3-1-6(16)2-4-15/h6,16H,1-5H2/i16D. The van der Waals surface area contributed by atoms with Gasteiger partial charge in [-0.3, -0.25) is 4.90 Å². The van der Waals surface area contributed by atoms with E-state index in [1.54, 1.807) is 0 Å². The highest BCUT2D eigenvalue weighted by Gasteiger charge is 2.37. The van der Waals surface area contributed by atoms with E-state index >= 15 is 0 Å². The molecule has 2 heterocycles. The molecule has 1 fully saturated rings. The number of likely N-dealkylation sites (tertiary alicyclic amines) is 1. The molecule has 0 amide bonds. The van der Waals surface area contributed by atoms with E-state index in [4.69, 9.17) is 1.43 Å². The third-order valence-corrected chi connectivity index (χ3v) is 2.62. The van der Waals surface area contributed by atoms with Crippen molar-refractivity contribution < 1.29 is 22.8 Å². The molecule has 0 unspecified atom stereocenters. The van der Waals surface area contributed by atoms with Crippen molar-refractivity contribution in [2.75, 3.05) is 13.1 Å².